The third-order valence-electron chi connectivity index (χ3n) is 0.354. The molecule has 0 aliphatic carbocycles. The molecule has 0 radical (unpaired) electrons. The topological polar surface area (TPSA) is 37.3 Å². The van der Waals surface area contributed by atoms with Crippen LogP contribution in [-0.2, 0) is 4.79 Å². The predicted molar refractivity (Wildman–Crippen MR) is 33.6 cm³/mol. The van der Waals surface area contributed by atoms with Crippen LogP contribution in [0.1, 0.15) is 0 Å². The Labute approximate surface area is 61.6 Å². The van der Waals surface area contributed by atoms with E-state index in [1.165, 1.54) is 0 Å². The summed E-state index contributed by atoms with van der Waals surface area (Å²) in [6.45, 7) is 0. The summed E-state index contributed by atoms with van der Waals surface area (Å²) in [5, 5.41) is 7.86. The molecule has 1 N–H and O–H groups in total. The summed E-state index contributed by atoms with van der Waals surface area (Å²) in [5.41, 5.74) is 0. The molecule has 2 nitrogen and oxygen atoms in total. The van der Waals surface area contributed by atoms with Crippen LogP contribution in [0, 0.1) is 0 Å². The number of carboxylic acids is 1. The Morgan fingerprint density at radius 1 is 1.50 bits per heavy atom. The Morgan fingerprint density at radius 3 is 1.88 bits per heavy atom. The zero-order chi connectivity index (χ0) is 6.73. The van der Waals surface area contributed by atoms with Gasteiger partial charge in [0.1, 0.15) is 3.39 Å². The van der Waals surface area contributed by atoms with E-state index >= 15 is 0 Å². The monoisotopic (exact) mass is 246 g/mol. The van der Waals surface area contributed by atoms with Crippen LogP contribution in [0.15, 0.2) is 9.22 Å². The van der Waals surface area contributed by atoms with E-state index in [2.05, 4.69) is 31.9 Å². The molecule has 0 heterocycles. The average Bonchev–Trinajstić information content (AvgIpc) is 1.64. The minimum atomic E-state index is -1.59. The van der Waals surface area contributed by atoms with E-state index in [1.54, 1.807) is 0 Å². The molecule has 0 saturated heterocycles. The predicted octanol–water partition coefficient (Wildman–Crippen LogP) is 2.00. The van der Waals surface area contributed by atoms with Gasteiger partial charge in [-0.25, -0.2) is 4.79 Å². The first-order valence-corrected chi connectivity index (χ1v) is 3.08. The van der Waals surface area contributed by atoms with Crippen molar-refractivity contribution in [1.29, 1.82) is 0 Å². The van der Waals surface area contributed by atoms with Crippen molar-refractivity contribution in [2.24, 2.45) is 0 Å². The molecule has 0 fully saturated rings. The minimum Gasteiger partial charge on any atom is -0.476 e. The van der Waals surface area contributed by atoms with Crippen LogP contribution >= 0.6 is 31.9 Å². The van der Waals surface area contributed by atoms with Gasteiger partial charge in [0.2, 0.25) is 5.83 Å². The molecule has 5 heteroatoms. The van der Waals surface area contributed by atoms with Crippen LogP contribution in [0.5, 0.6) is 0 Å². The Morgan fingerprint density at radius 2 is 1.88 bits per heavy atom. The quantitative estimate of drug-likeness (QED) is 0.720. The highest BCUT2D eigenvalue weighted by atomic mass is 79.9. The third-order valence-corrected chi connectivity index (χ3v) is 1.05. The fourth-order valence-electron chi connectivity index (χ4n) is 0.0808. The molecule has 0 aliphatic heterocycles. The molecule has 46 valence electrons. The van der Waals surface area contributed by atoms with Gasteiger partial charge in [0, 0.05) is 0 Å². The summed E-state index contributed by atoms with van der Waals surface area (Å²) >= 11 is 5.16. The Hall–Kier alpha value is 0.100. The molecule has 0 bridgehead atoms. The van der Waals surface area contributed by atoms with Gasteiger partial charge in [-0.1, -0.05) is 0 Å². The summed E-state index contributed by atoms with van der Waals surface area (Å²) in [5.74, 6) is -2.82. The minimum absolute atomic E-state index is 0.183. The summed E-state index contributed by atoms with van der Waals surface area (Å²) in [7, 11) is 0. The van der Waals surface area contributed by atoms with E-state index in [0.717, 1.165) is 0 Å². The lowest BCUT2D eigenvalue weighted by Gasteiger charge is -1.84. The lowest BCUT2D eigenvalue weighted by Crippen LogP contribution is -1.93. The largest absolute Gasteiger partial charge is 0.476 e. The molecule has 0 atom stereocenters. The first kappa shape index (κ1) is 8.10. The maximum absolute atomic E-state index is 11.8. The molecule has 0 rings (SSSR count). The van der Waals surface area contributed by atoms with Gasteiger partial charge in [0.15, 0.2) is 0 Å². The molecule has 0 aromatic carbocycles. The second-order valence-electron chi connectivity index (χ2n) is 0.880. The zero-order valence-electron chi connectivity index (χ0n) is 3.49. The molecule has 0 aromatic rings. The van der Waals surface area contributed by atoms with Crippen LogP contribution in [-0.4, -0.2) is 11.1 Å². The molecule has 0 unspecified atom stereocenters. The molecule has 0 amide bonds. The Bertz CT molecular complexity index is 138. The number of aliphatic carboxylic acids is 1. The van der Waals surface area contributed by atoms with Crippen molar-refractivity contribution in [2.45, 2.75) is 0 Å². The van der Waals surface area contributed by atoms with Crippen molar-refractivity contribution in [3.05, 3.63) is 9.22 Å². The van der Waals surface area contributed by atoms with Crippen LogP contribution in [0.25, 0.3) is 0 Å². The van der Waals surface area contributed by atoms with E-state index in [0.29, 0.717) is 0 Å². The summed E-state index contributed by atoms with van der Waals surface area (Å²) in [4.78, 5) is 9.65. The van der Waals surface area contributed by atoms with Gasteiger partial charge in [-0.15, -0.1) is 0 Å². The van der Waals surface area contributed by atoms with Gasteiger partial charge >= 0.3 is 5.97 Å². The van der Waals surface area contributed by atoms with Crippen molar-refractivity contribution in [3.8, 4) is 0 Å². The number of hydrogen-bond donors (Lipinski definition) is 1. The van der Waals surface area contributed by atoms with Gasteiger partial charge in [0.05, 0.1) is 0 Å². The zero-order valence-corrected chi connectivity index (χ0v) is 6.66. The first-order valence-electron chi connectivity index (χ1n) is 1.49. The second-order valence-corrected chi connectivity index (χ2v) is 3.53. The van der Waals surface area contributed by atoms with E-state index in [4.69, 9.17) is 5.11 Å². The number of rotatable bonds is 1. The van der Waals surface area contributed by atoms with E-state index < -0.39 is 11.8 Å². The van der Waals surface area contributed by atoms with Crippen molar-refractivity contribution < 1.29 is 14.3 Å². The lowest BCUT2D eigenvalue weighted by molar-refractivity contribution is -0.134. The first-order chi connectivity index (χ1) is 3.55. The lowest BCUT2D eigenvalue weighted by atomic mass is 10.6. The maximum atomic E-state index is 11.8. The standard InChI is InChI=1S/C3HBr2FO2/c4-2(5)1(6)3(7)8/h(H,7,8). The van der Waals surface area contributed by atoms with Crippen molar-refractivity contribution >= 4 is 37.8 Å². The third kappa shape index (κ3) is 2.42. The average molecular weight is 248 g/mol. The second kappa shape index (κ2) is 3.19. The molecular weight excluding hydrogens is 247 g/mol. The normalized spacial score (nSPS) is 8.38. The van der Waals surface area contributed by atoms with E-state index in [-0.39, 0.29) is 3.39 Å². The molecular formula is C3HBr2FO2. The maximum Gasteiger partial charge on any atom is 0.366 e. The van der Waals surface area contributed by atoms with Crippen molar-refractivity contribution in [2.75, 3.05) is 0 Å². The fraction of sp³-hybridized carbons (Fsp3) is 0. The molecule has 8 heavy (non-hydrogen) atoms. The molecule has 0 aliphatic rings. The van der Waals surface area contributed by atoms with Gasteiger partial charge in [0.25, 0.3) is 0 Å². The van der Waals surface area contributed by atoms with Crippen LogP contribution in [0.4, 0.5) is 4.39 Å². The van der Waals surface area contributed by atoms with Crippen LogP contribution in [0.3, 0.4) is 0 Å². The smallest absolute Gasteiger partial charge is 0.366 e. The number of hydrogen-bond acceptors (Lipinski definition) is 1. The van der Waals surface area contributed by atoms with Gasteiger partial charge < -0.3 is 5.11 Å². The van der Waals surface area contributed by atoms with Crippen LogP contribution < -0.4 is 0 Å². The Balaban J connectivity index is 4.23. The number of carboxylic acid groups (broad SMARTS) is 1. The van der Waals surface area contributed by atoms with Crippen molar-refractivity contribution in [1.82, 2.24) is 0 Å². The number of halogens is 3. The fourth-order valence-corrected chi connectivity index (χ4v) is 0.420. The van der Waals surface area contributed by atoms with Crippen LogP contribution in [0.2, 0.25) is 0 Å². The number of carbonyl (C=O) groups is 1. The van der Waals surface area contributed by atoms with Crippen molar-refractivity contribution in [3.63, 3.8) is 0 Å². The summed E-state index contributed by atoms with van der Waals surface area (Å²) < 4.78 is 11.7. The Kier molecular flexibility index (Phi) is 3.23. The highest BCUT2D eigenvalue weighted by molar-refractivity contribution is 9.28. The molecule has 0 aromatic heterocycles. The highest BCUT2D eigenvalue weighted by Gasteiger charge is 2.07. The van der Waals surface area contributed by atoms with Gasteiger partial charge in [-0.2, -0.15) is 4.39 Å². The highest BCUT2D eigenvalue weighted by Crippen LogP contribution is 2.19. The van der Waals surface area contributed by atoms with Gasteiger partial charge in [-0.3, -0.25) is 0 Å². The molecule has 0 saturated carbocycles. The van der Waals surface area contributed by atoms with E-state index in [9.17, 15) is 9.18 Å². The summed E-state index contributed by atoms with van der Waals surface area (Å²) in [6, 6.07) is 0. The molecule has 0 spiro atoms. The summed E-state index contributed by atoms with van der Waals surface area (Å²) in [6.07, 6.45) is 0. The van der Waals surface area contributed by atoms with E-state index in [1.807, 2.05) is 0 Å². The van der Waals surface area contributed by atoms with Gasteiger partial charge in [-0.05, 0) is 31.9 Å². The SMILES string of the molecule is O=C(O)C(F)=C(Br)Br.